The SMILES string of the molecule is COc1cccc2c(NC(=O)c3cc(C#N)oc3C)c(C)cnc12. The number of hydrogen-bond acceptors (Lipinski definition) is 5. The molecule has 120 valence electrons. The molecule has 1 amide bonds. The minimum absolute atomic E-state index is 0.107. The second-order valence-corrected chi connectivity index (χ2v) is 5.32. The van der Waals surface area contributed by atoms with E-state index >= 15 is 0 Å². The minimum atomic E-state index is -0.337. The van der Waals surface area contributed by atoms with Crippen LogP contribution in [-0.4, -0.2) is 18.0 Å². The number of aromatic nitrogens is 1. The fourth-order valence-corrected chi connectivity index (χ4v) is 2.57. The smallest absolute Gasteiger partial charge is 0.259 e. The van der Waals surface area contributed by atoms with Crippen molar-refractivity contribution in [1.29, 1.82) is 5.26 Å². The van der Waals surface area contributed by atoms with E-state index in [1.54, 1.807) is 20.2 Å². The Morgan fingerprint density at radius 3 is 2.83 bits per heavy atom. The highest BCUT2D eigenvalue weighted by Crippen LogP contribution is 2.31. The third kappa shape index (κ3) is 2.57. The van der Waals surface area contributed by atoms with Gasteiger partial charge in [-0.15, -0.1) is 0 Å². The lowest BCUT2D eigenvalue weighted by atomic mass is 10.1. The monoisotopic (exact) mass is 321 g/mol. The topological polar surface area (TPSA) is 88.1 Å². The molecule has 3 rings (SSSR count). The number of ether oxygens (including phenoxy) is 1. The van der Waals surface area contributed by atoms with Crippen molar-refractivity contribution in [3.8, 4) is 11.8 Å². The molecule has 6 nitrogen and oxygen atoms in total. The molecule has 0 atom stereocenters. The van der Waals surface area contributed by atoms with Gasteiger partial charge >= 0.3 is 0 Å². The highest BCUT2D eigenvalue weighted by molar-refractivity contribution is 6.10. The Balaban J connectivity index is 2.06. The van der Waals surface area contributed by atoms with Crippen LogP contribution >= 0.6 is 0 Å². The summed E-state index contributed by atoms with van der Waals surface area (Å²) >= 11 is 0. The van der Waals surface area contributed by atoms with Crippen molar-refractivity contribution in [1.82, 2.24) is 4.98 Å². The number of nitrogens with zero attached hydrogens (tertiary/aromatic N) is 2. The maximum atomic E-state index is 12.6. The van der Waals surface area contributed by atoms with Crippen molar-refractivity contribution < 1.29 is 13.9 Å². The summed E-state index contributed by atoms with van der Waals surface area (Å²) in [6.45, 7) is 3.51. The number of hydrogen-bond donors (Lipinski definition) is 1. The number of methoxy groups -OCH3 is 1. The lowest BCUT2D eigenvalue weighted by Crippen LogP contribution is -2.13. The summed E-state index contributed by atoms with van der Waals surface area (Å²) in [5.74, 6) is 0.804. The van der Waals surface area contributed by atoms with Crippen LogP contribution in [0.5, 0.6) is 5.75 Å². The van der Waals surface area contributed by atoms with E-state index in [4.69, 9.17) is 14.4 Å². The van der Waals surface area contributed by atoms with Gasteiger partial charge in [-0.25, -0.2) is 0 Å². The number of furan rings is 1. The van der Waals surface area contributed by atoms with Gasteiger partial charge in [-0.1, -0.05) is 12.1 Å². The Morgan fingerprint density at radius 1 is 1.38 bits per heavy atom. The molecule has 1 N–H and O–H groups in total. The summed E-state index contributed by atoms with van der Waals surface area (Å²) < 4.78 is 10.5. The van der Waals surface area contributed by atoms with Crippen molar-refractivity contribution in [3.05, 3.63) is 53.1 Å². The van der Waals surface area contributed by atoms with E-state index in [1.807, 2.05) is 31.2 Å². The van der Waals surface area contributed by atoms with Crippen LogP contribution in [0.25, 0.3) is 10.9 Å². The lowest BCUT2D eigenvalue weighted by Gasteiger charge is -2.12. The van der Waals surface area contributed by atoms with Crippen LogP contribution in [0.4, 0.5) is 5.69 Å². The minimum Gasteiger partial charge on any atom is -0.494 e. The van der Waals surface area contributed by atoms with Gasteiger partial charge in [-0.2, -0.15) is 5.26 Å². The number of para-hydroxylation sites is 1. The molecule has 2 heterocycles. The third-order valence-corrected chi connectivity index (χ3v) is 3.78. The first-order chi connectivity index (χ1) is 11.5. The molecule has 6 heteroatoms. The molecule has 0 saturated carbocycles. The summed E-state index contributed by atoms with van der Waals surface area (Å²) in [6.07, 6.45) is 1.68. The molecule has 0 fully saturated rings. The van der Waals surface area contributed by atoms with Gasteiger partial charge in [0.1, 0.15) is 23.1 Å². The summed E-state index contributed by atoms with van der Waals surface area (Å²) in [4.78, 5) is 17.0. The number of aryl methyl sites for hydroxylation is 2. The summed E-state index contributed by atoms with van der Waals surface area (Å²) in [5, 5.41) is 12.6. The van der Waals surface area contributed by atoms with Crippen molar-refractivity contribution >= 4 is 22.5 Å². The predicted molar refractivity (Wildman–Crippen MR) is 89.1 cm³/mol. The first-order valence-corrected chi connectivity index (χ1v) is 7.29. The average molecular weight is 321 g/mol. The maximum Gasteiger partial charge on any atom is 0.259 e. The number of carbonyl (C=O) groups is 1. The van der Waals surface area contributed by atoms with Crippen LogP contribution in [0.1, 0.15) is 27.4 Å². The fraction of sp³-hybridized carbons (Fsp3) is 0.167. The lowest BCUT2D eigenvalue weighted by molar-refractivity contribution is 0.102. The number of pyridine rings is 1. The number of rotatable bonds is 3. The molecular formula is C18H15N3O3. The van der Waals surface area contributed by atoms with Gasteiger partial charge in [0.25, 0.3) is 5.91 Å². The van der Waals surface area contributed by atoms with E-state index in [0.29, 0.717) is 28.3 Å². The number of benzene rings is 1. The fourth-order valence-electron chi connectivity index (χ4n) is 2.57. The largest absolute Gasteiger partial charge is 0.494 e. The molecule has 0 aliphatic rings. The summed E-state index contributed by atoms with van der Waals surface area (Å²) in [7, 11) is 1.58. The van der Waals surface area contributed by atoms with Gasteiger partial charge in [-0.05, 0) is 25.5 Å². The third-order valence-electron chi connectivity index (χ3n) is 3.78. The Labute approximate surface area is 138 Å². The molecule has 0 saturated heterocycles. The van der Waals surface area contributed by atoms with Crippen LogP contribution in [0.15, 0.2) is 34.9 Å². The maximum absolute atomic E-state index is 12.6. The Bertz CT molecular complexity index is 983. The van der Waals surface area contributed by atoms with E-state index in [2.05, 4.69) is 10.3 Å². The standard InChI is InChI=1S/C18H15N3O3/c1-10-9-20-17-13(5-4-6-15(17)23-3)16(10)21-18(22)14-7-12(8-19)24-11(14)2/h4-7,9H,1-3H3,(H,20,21,22). The number of nitrogens with one attached hydrogen (secondary N) is 1. The highest BCUT2D eigenvalue weighted by atomic mass is 16.5. The normalized spacial score (nSPS) is 10.4. The van der Waals surface area contributed by atoms with E-state index in [1.165, 1.54) is 6.07 Å². The van der Waals surface area contributed by atoms with Gasteiger partial charge in [0.2, 0.25) is 5.76 Å². The van der Waals surface area contributed by atoms with Crippen LogP contribution in [0.2, 0.25) is 0 Å². The van der Waals surface area contributed by atoms with Crippen molar-refractivity contribution in [2.24, 2.45) is 0 Å². The summed E-state index contributed by atoms with van der Waals surface area (Å²) in [5.41, 5.74) is 2.48. The molecular weight excluding hydrogens is 306 g/mol. The number of fused-ring (bicyclic) bond motifs is 1. The van der Waals surface area contributed by atoms with Crippen LogP contribution in [0.3, 0.4) is 0 Å². The van der Waals surface area contributed by atoms with E-state index < -0.39 is 0 Å². The molecule has 1 aromatic carbocycles. The quantitative estimate of drug-likeness (QED) is 0.796. The zero-order valence-corrected chi connectivity index (χ0v) is 13.5. The van der Waals surface area contributed by atoms with Crippen LogP contribution in [-0.2, 0) is 0 Å². The molecule has 24 heavy (non-hydrogen) atoms. The van der Waals surface area contributed by atoms with E-state index in [0.717, 1.165) is 10.9 Å². The van der Waals surface area contributed by atoms with Crippen molar-refractivity contribution in [3.63, 3.8) is 0 Å². The number of nitriles is 1. The van der Waals surface area contributed by atoms with Gasteiger partial charge < -0.3 is 14.5 Å². The van der Waals surface area contributed by atoms with E-state index in [9.17, 15) is 4.79 Å². The molecule has 0 bridgehead atoms. The van der Waals surface area contributed by atoms with E-state index in [-0.39, 0.29) is 11.7 Å². The molecule has 2 aromatic heterocycles. The average Bonchev–Trinajstić information content (AvgIpc) is 2.97. The Hall–Kier alpha value is -3.33. The second-order valence-electron chi connectivity index (χ2n) is 5.32. The zero-order chi connectivity index (χ0) is 17.3. The predicted octanol–water partition coefficient (Wildman–Crippen LogP) is 3.58. The molecule has 0 unspecified atom stereocenters. The molecule has 0 spiro atoms. The Kier molecular flexibility index (Phi) is 3.92. The summed E-state index contributed by atoms with van der Waals surface area (Å²) in [6, 6.07) is 8.85. The van der Waals surface area contributed by atoms with Crippen LogP contribution in [0, 0.1) is 25.2 Å². The zero-order valence-electron chi connectivity index (χ0n) is 13.5. The van der Waals surface area contributed by atoms with Gasteiger partial charge in [0, 0.05) is 17.6 Å². The van der Waals surface area contributed by atoms with Gasteiger partial charge in [-0.3, -0.25) is 9.78 Å². The van der Waals surface area contributed by atoms with Crippen molar-refractivity contribution in [2.75, 3.05) is 12.4 Å². The Morgan fingerprint density at radius 2 is 2.17 bits per heavy atom. The van der Waals surface area contributed by atoms with Gasteiger partial charge in [0.15, 0.2) is 0 Å². The number of anilines is 1. The second kappa shape index (κ2) is 6.05. The van der Waals surface area contributed by atoms with Crippen molar-refractivity contribution in [2.45, 2.75) is 13.8 Å². The molecule has 3 aromatic rings. The highest BCUT2D eigenvalue weighted by Gasteiger charge is 2.18. The van der Waals surface area contributed by atoms with Crippen LogP contribution < -0.4 is 10.1 Å². The molecule has 0 aliphatic heterocycles. The first kappa shape index (κ1) is 15.6. The number of amides is 1. The molecule has 0 radical (unpaired) electrons. The molecule has 0 aliphatic carbocycles. The number of carbonyl (C=O) groups excluding carboxylic acids is 1. The van der Waals surface area contributed by atoms with Gasteiger partial charge in [0.05, 0.1) is 18.4 Å². The first-order valence-electron chi connectivity index (χ1n) is 7.29.